The number of carbonyl (C=O) groups excluding carboxylic acids is 6. The minimum absolute atomic E-state index is 0. The molecule has 0 aliphatic carbocycles. The number of nitrogens with zero attached hydrogens (tertiary/aromatic N) is 8. The molecule has 66 heavy (non-hydrogen) atoms. The van der Waals surface area contributed by atoms with Crippen LogP contribution in [-0.2, 0) is 118 Å². The third-order valence-corrected chi connectivity index (χ3v) is 9.50. The van der Waals surface area contributed by atoms with E-state index in [0.717, 1.165) is 135 Å². The molecule has 6 atom stereocenters. The van der Waals surface area contributed by atoms with Crippen molar-refractivity contribution < 1.29 is 118 Å². The van der Waals surface area contributed by atoms with Crippen LogP contribution in [0.3, 0.4) is 0 Å². The second kappa shape index (κ2) is 46.9. The number of nitrogens with one attached hydrogen (secondary N) is 6. The average Bonchev–Trinajstić information content (AvgIpc) is 3.27. The Morgan fingerprint density at radius 2 is 0.636 bits per heavy atom. The second-order valence-electron chi connectivity index (χ2n) is 14.4. The van der Waals surface area contributed by atoms with Gasteiger partial charge in [-0.15, -0.1) is 39.3 Å². The summed E-state index contributed by atoms with van der Waals surface area (Å²) in [6, 6.07) is 3.50. The molecule has 5 fully saturated rings. The fourth-order valence-corrected chi connectivity index (χ4v) is 6.48. The first-order chi connectivity index (χ1) is 29.1. The first-order valence-corrected chi connectivity index (χ1v) is 21.2. The molecule has 392 valence electrons. The summed E-state index contributed by atoms with van der Waals surface area (Å²) in [6.45, 7) is 7.37. The third kappa shape index (κ3) is 34.5. The standard InChI is InChI=1S/2C12H20N4O2.C12H18N4O2.2C2H3N.4Ag.2H2N/c3*17-11(15-9-5-1-3-7-13-9)12(18)16-10-6-2-4-8-14-10;2*1-2-3;;;;;;/h2*9-10H,1-8H2,(H,15,17)(H,16,18);1,5,9-10H,2-4,6-8H2,(H,15,17)(H,16,18);2*1H3;;;;;2*1H2/q3*-2;;;4*+1;2*-1. The van der Waals surface area contributed by atoms with Gasteiger partial charge in [0.25, 0.3) is 0 Å². The fourth-order valence-electron chi connectivity index (χ4n) is 6.48. The zero-order chi connectivity index (χ0) is 43.8. The summed E-state index contributed by atoms with van der Waals surface area (Å²) in [5.41, 5.74) is 0. The van der Waals surface area contributed by atoms with Gasteiger partial charge in [-0.1, -0.05) is 146 Å². The van der Waals surface area contributed by atoms with Gasteiger partial charge in [-0.05, 0) is 6.17 Å². The predicted molar refractivity (Wildman–Crippen MR) is 237 cm³/mol. The molecule has 5 saturated heterocycles. The number of amides is 6. The minimum atomic E-state index is -0.643. The predicted octanol–water partition coefficient (Wildman–Crippen LogP) is 5.22. The zero-order valence-corrected chi connectivity index (χ0v) is 43.5. The Labute approximate surface area is 453 Å². The van der Waals surface area contributed by atoms with Gasteiger partial charge in [0.15, 0.2) is 0 Å². The largest absolute Gasteiger partial charge is 1.00 e. The van der Waals surface area contributed by atoms with Crippen LogP contribution in [-0.4, -0.2) is 112 Å². The van der Waals surface area contributed by atoms with E-state index in [9.17, 15) is 28.8 Å². The van der Waals surface area contributed by atoms with Crippen molar-refractivity contribution in [3.63, 3.8) is 0 Å². The van der Waals surface area contributed by atoms with Crippen molar-refractivity contribution in [3.8, 4) is 12.1 Å². The van der Waals surface area contributed by atoms with Crippen LogP contribution >= 0.6 is 0 Å². The van der Waals surface area contributed by atoms with Gasteiger partial charge in [-0.2, -0.15) is 10.5 Å². The summed E-state index contributed by atoms with van der Waals surface area (Å²) in [6.07, 6.45) is 18.0. The zero-order valence-electron chi connectivity index (χ0n) is 37.6. The van der Waals surface area contributed by atoms with E-state index in [2.05, 4.69) is 63.8 Å². The minimum Gasteiger partial charge on any atom is -0.693 e. The molecular weight excluding hydrogens is 1230 g/mol. The summed E-state index contributed by atoms with van der Waals surface area (Å²) < 4.78 is 0. The average molecular weight is 1300 g/mol. The monoisotopic (exact) mass is 1300 g/mol. The van der Waals surface area contributed by atoms with Gasteiger partial charge >= 0.3 is 125 Å². The van der Waals surface area contributed by atoms with Crippen LogP contribution in [0, 0.1) is 22.7 Å². The van der Waals surface area contributed by atoms with E-state index >= 15 is 0 Å². The number of carbonyl (C=O) groups is 6. The van der Waals surface area contributed by atoms with Crippen molar-refractivity contribution >= 4 is 35.4 Å². The van der Waals surface area contributed by atoms with Crippen LogP contribution < -0.4 is 31.9 Å². The molecule has 6 heterocycles. The van der Waals surface area contributed by atoms with Gasteiger partial charge in [0, 0.05) is 13.8 Å². The third-order valence-electron chi connectivity index (χ3n) is 9.50. The molecule has 0 aromatic heterocycles. The molecule has 0 radical (unpaired) electrons. The Bertz CT molecular complexity index is 1300. The maximum Gasteiger partial charge on any atom is 1.00 e. The Morgan fingerprint density at radius 1 is 0.409 bits per heavy atom. The van der Waals surface area contributed by atoms with Crippen LogP contribution in [0.1, 0.15) is 117 Å². The molecule has 26 heteroatoms. The Hall–Kier alpha value is -1.82. The van der Waals surface area contributed by atoms with Gasteiger partial charge < -0.3 is 76.1 Å². The SMILES string of the molecule is CC#N.CC#N.O=C(NC1C=CCC[N-]1)C(=O)NC1CCCC[N-]1.O=C(NC1CCCC[N-]1)C(=O)NC1CCCC[N-]1.O=C(NC1CCCC[N-]1)C(=O)NC1CCCC[N-]1.[Ag+].[Ag+].[Ag+].[Ag+].[NH2-].[NH2-]. The molecule has 22 nitrogen and oxygen atoms in total. The molecule has 6 unspecified atom stereocenters. The molecule has 0 bridgehead atoms. The Kier molecular flexibility index (Phi) is 52.0. The van der Waals surface area contributed by atoms with Crippen LogP contribution in [0.4, 0.5) is 0 Å². The van der Waals surface area contributed by atoms with Crippen LogP contribution in [0.5, 0.6) is 0 Å². The molecule has 6 amide bonds. The van der Waals surface area contributed by atoms with Crippen molar-refractivity contribution in [2.75, 3.05) is 39.3 Å². The summed E-state index contributed by atoms with van der Waals surface area (Å²) in [5, 5.41) is 55.9. The van der Waals surface area contributed by atoms with Crippen LogP contribution in [0.25, 0.3) is 44.2 Å². The first kappa shape index (κ1) is 73.2. The van der Waals surface area contributed by atoms with Crippen molar-refractivity contribution in [2.45, 2.75) is 154 Å². The molecular formula is C40H68Ag4N16O6-4. The Morgan fingerprint density at radius 3 is 0.818 bits per heavy atom. The molecule has 0 spiro atoms. The molecule has 0 aromatic carbocycles. The number of nitriles is 2. The van der Waals surface area contributed by atoms with E-state index in [0.29, 0.717) is 6.54 Å². The van der Waals surface area contributed by atoms with E-state index in [-0.39, 0.29) is 139 Å². The maximum atomic E-state index is 11.7. The van der Waals surface area contributed by atoms with E-state index in [4.69, 9.17) is 10.5 Å². The van der Waals surface area contributed by atoms with Crippen molar-refractivity contribution in [1.82, 2.24) is 31.9 Å². The second-order valence-corrected chi connectivity index (χ2v) is 14.4. The number of rotatable bonds is 6. The first-order valence-electron chi connectivity index (χ1n) is 21.2. The molecule has 0 saturated carbocycles. The Balaban J connectivity index is -0.000000254. The van der Waals surface area contributed by atoms with E-state index in [1.807, 2.05) is 6.08 Å². The number of hydrogen-bond donors (Lipinski definition) is 6. The van der Waals surface area contributed by atoms with E-state index in [1.165, 1.54) is 13.8 Å². The maximum absolute atomic E-state index is 11.7. The van der Waals surface area contributed by atoms with E-state index in [1.54, 1.807) is 18.2 Å². The summed E-state index contributed by atoms with van der Waals surface area (Å²) in [4.78, 5) is 69.9. The van der Waals surface area contributed by atoms with E-state index < -0.39 is 35.4 Å². The van der Waals surface area contributed by atoms with Gasteiger partial charge in [0.2, 0.25) is 0 Å². The number of nitrogens with two attached hydrogens (primary N) is 2. The molecule has 0 aromatic rings. The smallest absolute Gasteiger partial charge is 0.693 e. The van der Waals surface area contributed by atoms with Crippen LogP contribution in [0.2, 0.25) is 0 Å². The van der Waals surface area contributed by atoms with Crippen molar-refractivity contribution in [1.29, 1.82) is 10.5 Å². The fraction of sp³-hybridized carbons (Fsp3) is 0.750. The summed E-state index contributed by atoms with van der Waals surface area (Å²) >= 11 is 0. The quantitative estimate of drug-likeness (QED) is 0.116. The van der Waals surface area contributed by atoms with Crippen molar-refractivity contribution in [2.24, 2.45) is 0 Å². The topological polar surface area (TPSA) is 374 Å². The number of hydrogen-bond acceptors (Lipinski definition) is 8. The van der Waals surface area contributed by atoms with Gasteiger partial charge in [-0.3, -0.25) is 28.8 Å². The van der Waals surface area contributed by atoms with Gasteiger partial charge in [-0.25, -0.2) is 0 Å². The molecule has 10 N–H and O–H groups in total. The molecule has 6 aliphatic rings. The number of piperidine rings is 5. The van der Waals surface area contributed by atoms with Gasteiger partial charge in [0.05, 0.1) is 12.1 Å². The molecule has 6 rings (SSSR count). The molecule has 6 aliphatic heterocycles. The van der Waals surface area contributed by atoms with Crippen molar-refractivity contribution in [3.05, 3.63) is 56.4 Å². The normalized spacial score (nSPS) is 23.3. The summed E-state index contributed by atoms with van der Waals surface area (Å²) in [5.74, 6) is -3.63. The summed E-state index contributed by atoms with van der Waals surface area (Å²) in [7, 11) is 0. The van der Waals surface area contributed by atoms with Gasteiger partial charge in [0.1, 0.15) is 0 Å². The van der Waals surface area contributed by atoms with Crippen LogP contribution in [0.15, 0.2) is 12.2 Å².